The van der Waals surface area contributed by atoms with E-state index >= 15 is 0 Å². The van der Waals surface area contributed by atoms with E-state index in [1.165, 1.54) is 12.1 Å². The Labute approximate surface area is 98.9 Å². The van der Waals surface area contributed by atoms with E-state index in [4.69, 9.17) is 22.1 Å². The molecule has 0 bridgehead atoms. The van der Waals surface area contributed by atoms with Crippen molar-refractivity contribution in [1.82, 2.24) is 0 Å². The number of hydrogen-bond acceptors (Lipinski definition) is 3. The maximum Gasteiger partial charge on any atom is 0.144 e. The van der Waals surface area contributed by atoms with Crippen molar-refractivity contribution >= 4 is 23.0 Å². The Morgan fingerprint density at radius 2 is 2.31 bits per heavy atom. The van der Waals surface area contributed by atoms with Gasteiger partial charge in [-0.15, -0.1) is 0 Å². The Morgan fingerprint density at radius 1 is 1.56 bits per heavy atom. The number of halogens is 2. The van der Waals surface area contributed by atoms with Gasteiger partial charge in [0.15, 0.2) is 0 Å². The van der Waals surface area contributed by atoms with E-state index in [1.54, 1.807) is 0 Å². The van der Waals surface area contributed by atoms with Gasteiger partial charge in [0.2, 0.25) is 0 Å². The fourth-order valence-corrected chi connectivity index (χ4v) is 2.05. The molecule has 1 aliphatic rings. The number of likely N-dealkylation sites (N-methyl/N-ethyl adjacent to an activating group) is 1. The van der Waals surface area contributed by atoms with Crippen molar-refractivity contribution in [1.29, 1.82) is 0 Å². The molecule has 1 aliphatic heterocycles. The van der Waals surface area contributed by atoms with E-state index in [9.17, 15) is 4.39 Å². The van der Waals surface area contributed by atoms with Gasteiger partial charge in [-0.05, 0) is 12.5 Å². The van der Waals surface area contributed by atoms with Gasteiger partial charge in [-0.1, -0.05) is 11.6 Å². The molecule has 0 saturated carbocycles. The van der Waals surface area contributed by atoms with Gasteiger partial charge in [0.1, 0.15) is 5.82 Å². The van der Waals surface area contributed by atoms with Gasteiger partial charge in [-0.25, -0.2) is 4.39 Å². The molecule has 0 amide bonds. The third kappa shape index (κ3) is 2.08. The summed E-state index contributed by atoms with van der Waals surface area (Å²) < 4.78 is 18.7. The molecule has 0 aromatic heterocycles. The second-order valence-corrected chi connectivity index (χ2v) is 4.36. The summed E-state index contributed by atoms with van der Waals surface area (Å²) in [6.45, 7) is 1.39. The topological polar surface area (TPSA) is 38.5 Å². The Balaban J connectivity index is 2.28. The van der Waals surface area contributed by atoms with E-state index in [1.807, 2.05) is 11.9 Å². The molecule has 1 saturated heterocycles. The second kappa shape index (κ2) is 4.47. The van der Waals surface area contributed by atoms with Crippen LogP contribution in [-0.2, 0) is 4.74 Å². The zero-order chi connectivity index (χ0) is 11.7. The average molecular weight is 245 g/mol. The molecule has 3 nitrogen and oxygen atoms in total. The van der Waals surface area contributed by atoms with Crippen LogP contribution in [0.2, 0.25) is 5.02 Å². The number of hydrogen-bond donors (Lipinski definition) is 1. The van der Waals surface area contributed by atoms with Gasteiger partial charge in [-0.3, -0.25) is 0 Å². The summed E-state index contributed by atoms with van der Waals surface area (Å²) in [6.07, 6.45) is 0.931. The van der Waals surface area contributed by atoms with Crippen molar-refractivity contribution in [3.05, 3.63) is 23.0 Å². The standard InChI is InChI=1S/C11H14ClFN2O/c1-15(7-2-3-16-6-7)11-5-9(13)8(12)4-10(11)14/h4-5,7H,2-3,6,14H2,1H3. The summed E-state index contributed by atoms with van der Waals surface area (Å²) in [7, 11) is 1.89. The monoisotopic (exact) mass is 244 g/mol. The van der Waals surface area contributed by atoms with E-state index in [-0.39, 0.29) is 11.1 Å². The molecule has 0 aliphatic carbocycles. The number of nitrogen functional groups attached to an aromatic ring is 1. The smallest absolute Gasteiger partial charge is 0.144 e. The lowest BCUT2D eigenvalue weighted by Crippen LogP contribution is -2.32. The van der Waals surface area contributed by atoms with Crippen LogP contribution in [0.5, 0.6) is 0 Å². The van der Waals surface area contributed by atoms with Gasteiger partial charge in [0.05, 0.1) is 29.0 Å². The third-order valence-corrected chi connectivity index (χ3v) is 3.19. The number of anilines is 2. The quantitative estimate of drug-likeness (QED) is 0.812. The number of nitrogens with two attached hydrogens (primary N) is 1. The third-order valence-electron chi connectivity index (χ3n) is 2.90. The molecular formula is C11H14ClFN2O. The molecule has 0 spiro atoms. The van der Waals surface area contributed by atoms with Crippen molar-refractivity contribution in [2.45, 2.75) is 12.5 Å². The summed E-state index contributed by atoms with van der Waals surface area (Å²) in [4.78, 5) is 1.95. The molecule has 5 heteroatoms. The molecule has 2 rings (SSSR count). The minimum absolute atomic E-state index is 0.0531. The van der Waals surface area contributed by atoms with Gasteiger partial charge in [-0.2, -0.15) is 0 Å². The fraction of sp³-hybridized carbons (Fsp3) is 0.455. The molecular weight excluding hydrogens is 231 g/mol. The minimum Gasteiger partial charge on any atom is -0.397 e. The van der Waals surface area contributed by atoms with E-state index in [0.29, 0.717) is 18.0 Å². The zero-order valence-electron chi connectivity index (χ0n) is 9.04. The molecule has 1 aromatic carbocycles. The first kappa shape index (κ1) is 11.5. The number of ether oxygens (including phenoxy) is 1. The SMILES string of the molecule is CN(c1cc(F)c(Cl)cc1N)C1CCOC1. The number of benzene rings is 1. The van der Waals surface area contributed by atoms with Crippen LogP contribution in [0.15, 0.2) is 12.1 Å². The Morgan fingerprint density at radius 3 is 2.94 bits per heavy atom. The molecule has 1 atom stereocenters. The average Bonchev–Trinajstić information content (AvgIpc) is 2.75. The lowest BCUT2D eigenvalue weighted by atomic mass is 10.2. The molecule has 1 heterocycles. The van der Waals surface area contributed by atoms with Crippen molar-refractivity contribution in [2.24, 2.45) is 0 Å². The predicted molar refractivity (Wildman–Crippen MR) is 63.4 cm³/mol. The summed E-state index contributed by atoms with van der Waals surface area (Å²) in [5.41, 5.74) is 6.98. The van der Waals surface area contributed by atoms with Crippen molar-refractivity contribution in [3.63, 3.8) is 0 Å². The first-order valence-electron chi connectivity index (χ1n) is 5.14. The molecule has 0 radical (unpaired) electrons. The Hall–Kier alpha value is -1.00. The van der Waals surface area contributed by atoms with E-state index in [0.717, 1.165) is 13.0 Å². The van der Waals surface area contributed by atoms with Gasteiger partial charge in [0, 0.05) is 19.7 Å². The zero-order valence-corrected chi connectivity index (χ0v) is 9.80. The summed E-state index contributed by atoms with van der Waals surface area (Å²) in [5, 5.41) is 0.0531. The maximum absolute atomic E-state index is 13.4. The molecule has 1 aromatic rings. The fourth-order valence-electron chi connectivity index (χ4n) is 1.88. The van der Waals surface area contributed by atoms with Crippen LogP contribution in [0, 0.1) is 5.82 Å². The van der Waals surface area contributed by atoms with E-state index in [2.05, 4.69) is 0 Å². The lowest BCUT2D eigenvalue weighted by molar-refractivity contribution is 0.193. The van der Waals surface area contributed by atoms with Gasteiger partial charge < -0.3 is 15.4 Å². The minimum atomic E-state index is -0.448. The Kier molecular flexibility index (Phi) is 3.21. The molecule has 2 N–H and O–H groups in total. The maximum atomic E-state index is 13.4. The van der Waals surface area contributed by atoms with Crippen LogP contribution in [0.3, 0.4) is 0 Å². The van der Waals surface area contributed by atoms with Crippen LogP contribution in [0.25, 0.3) is 0 Å². The Bertz CT molecular complexity index is 394. The van der Waals surface area contributed by atoms with E-state index < -0.39 is 5.82 Å². The molecule has 16 heavy (non-hydrogen) atoms. The normalized spacial score (nSPS) is 20.1. The molecule has 1 fully saturated rings. The van der Waals surface area contributed by atoms with Crippen LogP contribution < -0.4 is 10.6 Å². The summed E-state index contributed by atoms with van der Waals surface area (Å²) in [5.74, 6) is -0.448. The summed E-state index contributed by atoms with van der Waals surface area (Å²) >= 11 is 5.65. The number of nitrogens with zero attached hydrogens (tertiary/aromatic N) is 1. The lowest BCUT2D eigenvalue weighted by Gasteiger charge is -2.26. The van der Waals surface area contributed by atoms with Crippen LogP contribution in [-0.4, -0.2) is 26.3 Å². The first-order chi connectivity index (χ1) is 7.59. The summed E-state index contributed by atoms with van der Waals surface area (Å²) in [6, 6.07) is 3.07. The van der Waals surface area contributed by atoms with Crippen molar-refractivity contribution in [2.75, 3.05) is 30.9 Å². The highest BCUT2D eigenvalue weighted by atomic mass is 35.5. The highest BCUT2D eigenvalue weighted by Gasteiger charge is 2.22. The van der Waals surface area contributed by atoms with Gasteiger partial charge in [0.25, 0.3) is 0 Å². The van der Waals surface area contributed by atoms with Crippen molar-refractivity contribution < 1.29 is 9.13 Å². The largest absolute Gasteiger partial charge is 0.397 e. The highest BCUT2D eigenvalue weighted by Crippen LogP contribution is 2.30. The van der Waals surface area contributed by atoms with Crippen LogP contribution in [0.4, 0.5) is 15.8 Å². The second-order valence-electron chi connectivity index (χ2n) is 3.95. The van der Waals surface area contributed by atoms with Crippen molar-refractivity contribution in [3.8, 4) is 0 Å². The predicted octanol–water partition coefficient (Wildman–Crippen LogP) is 2.29. The van der Waals surface area contributed by atoms with Gasteiger partial charge >= 0.3 is 0 Å². The highest BCUT2D eigenvalue weighted by molar-refractivity contribution is 6.31. The molecule has 1 unspecified atom stereocenters. The first-order valence-corrected chi connectivity index (χ1v) is 5.52. The number of rotatable bonds is 2. The molecule has 88 valence electrons. The van der Waals surface area contributed by atoms with Crippen LogP contribution >= 0.6 is 11.6 Å². The van der Waals surface area contributed by atoms with Crippen LogP contribution in [0.1, 0.15) is 6.42 Å².